The Bertz CT molecular complexity index is 175. The van der Waals surface area contributed by atoms with Gasteiger partial charge in [-0.25, -0.2) is 0 Å². The SMILES string of the molecule is CCC(C)CC(NN)C1CCOC1CC. The lowest BCUT2D eigenvalue weighted by Gasteiger charge is -2.28. The summed E-state index contributed by atoms with van der Waals surface area (Å²) in [6.45, 7) is 7.63. The molecule has 0 spiro atoms. The van der Waals surface area contributed by atoms with E-state index in [2.05, 4.69) is 26.2 Å². The lowest BCUT2D eigenvalue weighted by Crippen LogP contribution is -2.44. The molecule has 0 bridgehead atoms. The Morgan fingerprint density at radius 2 is 2.20 bits per heavy atom. The summed E-state index contributed by atoms with van der Waals surface area (Å²) in [5.41, 5.74) is 2.99. The van der Waals surface area contributed by atoms with Crippen molar-refractivity contribution in [1.82, 2.24) is 5.43 Å². The number of nitrogens with two attached hydrogens (primary N) is 1. The topological polar surface area (TPSA) is 47.3 Å². The molecule has 1 aliphatic rings. The number of nitrogens with one attached hydrogen (secondary N) is 1. The molecule has 1 rings (SSSR count). The highest BCUT2D eigenvalue weighted by molar-refractivity contribution is 4.85. The summed E-state index contributed by atoms with van der Waals surface area (Å²) in [7, 11) is 0. The van der Waals surface area contributed by atoms with E-state index in [0.717, 1.165) is 31.8 Å². The fourth-order valence-electron chi connectivity index (χ4n) is 2.51. The van der Waals surface area contributed by atoms with Gasteiger partial charge in [-0.1, -0.05) is 27.2 Å². The second-order valence-corrected chi connectivity index (χ2v) is 4.79. The van der Waals surface area contributed by atoms with Crippen LogP contribution in [0, 0.1) is 11.8 Å². The zero-order chi connectivity index (χ0) is 11.3. The summed E-state index contributed by atoms with van der Waals surface area (Å²) < 4.78 is 5.72. The lowest BCUT2D eigenvalue weighted by molar-refractivity contribution is 0.0745. The second-order valence-electron chi connectivity index (χ2n) is 4.79. The molecule has 1 heterocycles. The Morgan fingerprint density at radius 1 is 1.47 bits per heavy atom. The molecule has 0 aromatic rings. The van der Waals surface area contributed by atoms with E-state index < -0.39 is 0 Å². The summed E-state index contributed by atoms with van der Waals surface area (Å²) in [5.74, 6) is 7.01. The molecule has 1 saturated heterocycles. The summed E-state index contributed by atoms with van der Waals surface area (Å²) in [5, 5.41) is 0. The second kappa shape index (κ2) is 6.46. The maximum atomic E-state index is 5.72. The molecule has 0 saturated carbocycles. The van der Waals surface area contributed by atoms with E-state index in [-0.39, 0.29) is 0 Å². The van der Waals surface area contributed by atoms with Gasteiger partial charge in [-0.15, -0.1) is 0 Å². The molecule has 3 nitrogen and oxygen atoms in total. The third-order valence-electron chi connectivity index (χ3n) is 3.75. The van der Waals surface area contributed by atoms with Crippen molar-refractivity contribution in [1.29, 1.82) is 0 Å². The Balaban J connectivity index is 2.49. The van der Waals surface area contributed by atoms with Gasteiger partial charge < -0.3 is 4.74 Å². The van der Waals surface area contributed by atoms with Crippen molar-refractivity contribution in [2.75, 3.05) is 6.61 Å². The van der Waals surface area contributed by atoms with E-state index in [1.165, 1.54) is 6.42 Å². The van der Waals surface area contributed by atoms with Crippen LogP contribution in [0.3, 0.4) is 0 Å². The first-order valence-electron chi connectivity index (χ1n) is 6.30. The van der Waals surface area contributed by atoms with Gasteiger partial charge in [0, 0.05) is 18.6 Å². The molecule has 90 valence electrons. The van der Waals surface area contributed by atoms with Crippen molar-refractivity contribution in [3.8, 4) is 0 Å². The Morgan fingerprint density at radius 3 is 2.73 bits per heavy atom. The lowest BCUT2D eigenvalue weighted by atomic mass is 9.85. The van der Waals surface area contributed by atoms with Crippen LogP contribution in [0.15, 0.2) is 0 Å². The quantitative estimate of drug-likeness (QED) is 0.525. The number of hydrazine groups is 1. The molecule has 1 aliphatic heterocycles. The molecule has 0 amide bonds. The van der Waals surface area contributed by atoms with Crippen LogP contribution in [0.2, 0.25) is 0 Å². The van der Waals surface area contributed by atoms with Gasteiger partial charge in [0.2, 0.25) is 0 Å². The van der Waals surface area contributed by atoms with Crippen molar-refractivity contribution in [2.45, 2.75) is 58.6 Å². The van der Waals surface area contributed by atoms with Crippen LogP contribution in [0.5, 0.6) is 0 Å². The predicted octanol–water partition coefficient (Wildman–Crippen LogP) is 2.07. The maximum Gasteiger partial charge on any atom is 0.0616 e. The average Bonchev–Trinajstić information content (AvgIpc) is 2.73. The molecular weight excluding hydrogens is 188 g/mol. The molecule has 4 atom stereocenters. The molecule has 0 radical (unpaired) electrons. The molecule has 15 heavy (non-hydrogen) atoms. The van der Waals surface area contributed by atoms with Crippen LogP contribution in [0.1, 0.15) is 46.5 Å². The minimum Gasteiger partial charge on any atom is -0.378 e. The van der Waals surface area contributed by atoms with Crippen LogP contribution < -0.4 is 11.3 Å². The van der Waals surface area contributed by atoms with E-state index in [9.17, 15) is 0 Å². The summed E-state index contributed by atoms with van der Waals surface area (Å²) >= 11 is 0. The minimum atomic E-state index is 0.412. The predicted molar refractivity (Wildman–Crippen MR) is 63.3 cm³/mol. The Labute approximate surface area is 93.7 Å². The van der Waals surface area contributed by atoms with Gasteiger partial charge in [0.25, 0.3) is 0 Å². The monoisotopic (exact) mass is 214 g/mol. The smallest absolute Gasteiger partial charge is 0.0616 e. The summed E-state index contributed by atoms with van der Waals surface area (Å²) in [4.78, 5) is 0. The van der Waals surface area contributed by atoms with Crippen molar-refractivity contribution in [3.05, 3.63) is 0 Å². The van der Waals surface area contributed by atoms with Crippen molar-refractivity contribution < 1.29 is 4.74 Å². The van der Waals surface area contributed by atoms with Crippen molar-refractivity contribution >= 4 is 0 Å². The molecule has 1 fully saturated rings. The fourth-order valence-corrected chi connectivity index (χ4v) is 2.51. The minimum absolute atomic E-state index is 0.412. The van der Waals surface area contributed by atoms with Crippen LogP contribution >= 0.6 is 0 Å². The first-order chi connectivity index (χ1) is 7.22. The first-order valence-corrected chi connectivity index (χ1v) is 6.30. The van der Waals surface area contributed by atoms with Gasteiger partial charge in [-0.05, 0) is 25.2 Å². The van der Waals surface area contributed by atoms with Gasteiger partial charge in [0.15, 0.2) is 0 Å². The highest BCUT2D eigenvalue weighted by Crippen LogP contribution is 2.29. The van der Waals surface area contributed by atoms with Gasteiger partial charge in [-0.3, -0.25) is 11.3 Å². The standard InChI is InChI=1S/C12H26N2O/c1-4-9(3)8-11(14-13)10-6-7-15-12(10)5-2/h9-12,14H,4-8,13H2,1-3H3. The normalized spacial score (nSPS) is 30.4. The largest absolute Gasteiger partial charge is 0.378 e. The van der Waals surface area contributed by atoms with Gasteiger partial charge in [-0.2, -0.15) is 0 Å². The number of hydrogen-bond acceptors (Lipinski definition) is 3. The van der Waals surface area contributed by atoms with Gasteiger partial charge >= 0.3 is 0 Å². The van der Waals surface area contributed by atoms with Crippen LogP contribution in [0.25, 0.3) is 0 Å². The molecule has 3 N–H and O–H groups in total. The van der Waals surface area contributed by atoms with E-state index >= 15 is 0 Å². The third kappa shape index (κ3) is 3.44. The zero-order valence-corrected chi connectivity index (χ0v) is 10.3. The van der Waals surface area contributed by atoms with Crippen LogP contribution in [0.4, 0.5) is 0 Å². The molecule has 0 aliphatic carbocycles. The summed E-state index contributed by atoms with van der Waals surface area (Å²) in [6.07, 6.45) is 5.06. The van der Waals surface area contributed by atoms with Crippen LogP contribution in [-0.2, 0) is 4.74 Å². The van der Waals surface area contributed by atoms with E-state index in [1.54, 1.807) is 0 Å². The van der Waals surface area contributed by atoms with Crippen molar-refractivity contribution in [2.24, 2.45) is 17.7 Å². The first kappa shape index (κ1) is 12.9. The highest BCUT2D eigenvalue weighted by atomic mass is 16.5. The summed E-state index contributed by atoms with van der Waals surface area (Å²) in [6, 6.07) is 0.424. The highest BCUT2D eigenvalue weighted by Gasteiger charge is 2.33. The fraction of sp³-hybridized carbons (Fsp3) is 1.00. The van der Waals surface area contributed by atoms with Gasteiger partial charge in [0.05, 0.1) is 6.10 Å². The molecule has 0 aromatic heterocycles. The molecule has 0 aromatic carbocycles. The average molecular weight is 214 g/mol. The number of hydrogen-bond donors (Lipinski definition) is 2. The van der Waals surface area contributed by atoms with Crippen molar-refractivity contribution in [3.63, 3.8) is 0 Å². The third-order valence-corrected chi connectivity index (χ3v) is 3.75. The zero-order valence-electron chi connectivity index (χ0n) is 10.3. The van der Waals surface area contributed by atoms with Crippen LogP contribution in [-0.4, -0.2) is 18.8 Å². The van der Waals surface area contributed by atoms with E-state index in [4.69, 9.17) is 10.6 Å². The Kier molecular flexibility index (Phi) is 5.58. The van der Waals surface area contributed by atoms with E-state index in [1.807, 2.05) is 0 Å². The Hall–Kier alpha value is -0.120. The van der Waals surface area contributed by atoms with E-state index in [0.29, 0.717) is 18.1 Å². The molecule has 3 heteroatoms. The van der Waals surface area contributed by atoms with Gasteiger partial charge in [0.1, 0.15) is 0 Å². The molecule has 4 unspecified atom stereocenters. The molecular formula is C12H26N2O. The number of rotatable bonds is 6. The maximum absolute atomic E-state index is 5.72. The number of ether oxygens (including phenoxy) is 1.